The van der Waals surface area contributed by atoms with Gasteiger partial charge >= 0.3 is 5.97 Å². The molecule has 1 saturated heterocycles. The normalized spacial score (nSPS) is 18.4. The van der Waals surface area contributed by atoms with E-state index in [4.69, 9.17) is 9.47 Å². The predicted octanol–water partition coefficient (Wildman–Crippen LogP) is 0.115. The van der Waals surface area contributed by atoms with Gasteiger partial charge in [-0.25, -0.2) is 13.2 Å². The summed E-state index contributed by atoms with van der Waals surface area (Å²) < 4.78 is 32.6. The first-order chi connectivity index (χ1) is 11.7. The molecule has 1 aliphatic rings. The Kier molecular flexibility index (Phi) is 6.13. The molecular formula is C16H19NO7S. The van der Waals surface area contributed by atoms with E-state index in [1.165, 1.54) is 6.92 Å². The van der Waals surface area contributed by atoms with Gasteiger partial charge in [0.1, 0.15) is 5.75 Å². The van der Waals surface area contributed by atoms with Gasteiger partial charge in [-0.15, -0.1) is 0 Å². The minimum atomic E-state index is -3.08. The zero-order valence-corrected chi connectivity index (χ0v) is 14.5. The monoisotopic (exact) mass is 369 g/mol. The molecule has 1 heterocycles. The van der Waals surface area contributed by atoms with E-state index in [9.17, 15) is 22.8 Å². The van der Waals surface area contributed by atoms with Crippen molar-refractivity contribution in [1.29, 1.82) is 0 Å². The summed E-state index contributed by atoms with van der Waals surface area (Å²) in [4.78, 5) is 34.3. The van der Waals surface area contributed by atoms with Crippen molar-refractivity contribution >= 4 is 27.5 Å². The lowest BCUT2D eigenvalue weighted by atomic mass is 10.1. The van der Waals surface area contributed by atoms with Gasteiger partial charge < -0.3 is 14.8 Å². The summed E-state index contributed by atoms with van der Waals surface area (Å²) in [7, 11) is -3.08. The molecule has 2 rings (SSSR count). The van der Waals surface area contributed by atoms with Crippen LogP contribution in [0.5, 0.6) is 5.75 Å². The molecule has 1 N–H and O–H groups in total. The van der Waals surface area contributed by atoms with Crippen molar-refractivity contribution in [2.24, 2.45) is 0 Å². The number of ether oxygens (including phenoxy) is 2. The number of hydrogen-bond donors (Lipinski definition) is 1. The number of nitrogens with one attached hydrogen (secondary N) is 1. The number of esters is 1. The topological polar surface area (TPSA) is 116 Å². The minimum Gasteiger partial charge on any atom is -0.482 e. The molecule has 136 valence electrons. The maximum absolute atomic E-state index is 11.6. The zero-order valence-electron chi connectivity index (χ0n) is 13.7. The minimum absolute atomic E-state index is 0.0496. The van der Waals surface area contributed by atoms with Crippen molar-refractivity contribution in [3.8, 4) is 5.75 Å². The van der Waals surface area contributed by atoms with E-state index in [0.29, 0.717) is 17.7 Å². The molecule has 0 bridgehead atoms. The molecule has 0 aromatic heterocycles. The first-order valence-electron chi connectivity index (χ1n) is 7.64. The van der Waals surface area contributed by atoms with Crippen molar-refractivity contribution < 1.29 is 32.3 Å². The van der Waals surface area contributed by atoms with Crippen LogP contribution in [0.4, 0.5) is 0 Å². The smallest absolute Gasteiger partial charge is 0.344 e. The Morgan fingerprint density at radius 3 is 2.40 bits per heavy atom. The van der Waals surface area contributed by atoms with E-state index in [-0.39, 0.29) is 23.9 Å². The first-order valence-corrected chi connectivity index (χ1v) is 9.46. The lowest BCUT2D eigenvalue weighted by Crippen LogP contribution is -2.38. The Morgan fingerprint density at radius 2 is 1.84 bits per heavy atom. The Hall–Kier alpha value is -2.42. The van der Waals surface area contributed by atoms with Crippen molar-refractivity contribution in [2.45, 2.75) is 19.4 Å². The van der Waals surface area contributed by atoms with E-state index in [1.54, 1.807) is 24.3 Å². The van der Waals surface area contributed by atoms with Crippen LogP contribution in [-0.4, -0.2) is 56.8 Å². The van der Waals surface area contributed by atoms with Gasteiger partial charge in [-0.2, -0.15) is 0 Å². The average Bonchev–Trinajstić information content (AvgIpc) is 2.90. The Bertz CT molecular complexity index is 755. The molecule has 1 amide bonds. The van der Waals surface area contributed by atoms with E-state index >= 15 is 0 Å². The van der Waals surface area contributed by atoms with Crippen LogP contribution in [0.3, 0.4) is 0 Å². The van der Waals surface area contributed by atoms with Gasteiger partial charge in [-0.1, -0.05) is 0 Å². The number of amides is 1. The largest absolute Gasteiger partial charge is 0.482 e. The lowest BCUT2D eigenvalue weighted by molar-refractivity contribution is -0.150. The van der Waals surface area contributed by atoms with E-state index < -0.39 is 34.4 Å². The third-order valence-electron chi connectivity index (χ3n) is 3.58. The molecular weight excluding hydrogens is 350 g/mol. The van der Waals surface area contributed by atoms with Crippen LogP contribution in [0.15, 0.2) is 24.3 Å². The number of Topliss-reactive ketones (excluding diaryl/α,β-unsaturated/α-hetero) is 1. The molecule has 25 heavy (non-hydrogen) atoms. The van der Waals surface area contributed by atoms with Gasteiger partial charge in [0.25, 0.3) is 5.91 Å². The van der Waals surface area contributed by atoms with Gasteiger partial charge in [0.15, 0.2) is 28.8 Å². The zero-order chi connectivity index (χ0) is 18.4. The highest BCUT2D eigenvalue weighted by Crippen LogP contribution is 2.13. The third-order valence-corrected chi connectivity index (χ3v) is 5.35. The van der Waals surface area contributed by atoms with Crippen molar-refractivity contribution in [2.75, 3.05) is 24.7 Å². The van der Waals surface area contributed by atoms with Crippen LogP contribution in [0.25, 0.3) is 0 Å². The molecule has 1 aromatic rings. The van der Waals surface area contributed by atoms with E-state index in [1.807, 2.05) is 0 Å². The molecule has 1 fully saturated rings. The van der Waals surface area contributed by atoms with Gasteiger partial charge in [-0.05, 0) is 37.6 Å². The predicted molar refractivity (Wildman–Crippen MR) is 88.1 cm³/mol. The molecule has 9 heteroatoms. The van der Waals surface area contributed by atoms with Crippen LogP contribution in [0, 0.1) is 0 Å². The van der Waals surface area contributed by atoms with Crippen LogP contribution in [-0.2, 0) is 24.2 Å². The highest BCUT2D eigenvalue weighted by Gasteiger charge is 2.29. The van der Waals surface area contributed by atoms with Crippen molar-refractivity contribution in [3.05, 3.63) is 29.8 Å². The fraction of sp³-hybridized carbons (Fsp3) is 0.438. The van der Waals surface area contributed by atoms with Crippen LogP contribution < -0.4 is 10.1 Å². The molecule has 1 aliphatic heterocycles. The second-order valence-corrected chi connectivity index (χ2v) is 7.93. The molecule has 0 saturated carbocycles. The fourth-order valence-corrected chi connectivity index (χ4v) is 3.97. The molecule has 0 aliphatic carbocycles. The molecule has 0 unspecified atom stereocenters. The van der Waals surface area contributed by atoms with Crippen LogP contribution in [0.2, 0.25) is 0 Å². The first kappa shape index (κ1) is 18.9. The highest BCUT2D eigenvalue weighted by atomic mass is 32.2. The van der Waals surface area contributed by atoms with Gasteiger partial charge in [0, 0.05) is 11.6 Å². The second kappa shape index (κ2) is 8.11. The number of hydrogen-bond acceptors (Lipinski definition) is 7. The quantitative estimate of drug-likeness (QED) is 0.536. The molecule has 0 spiro atoms. The fourth-order valence-electron chi connectivity index (χ4n) is 2.29. The molecule has 1 atom stereocenters. The summed E-state index contributed by atoms with van der Waals surface area (Å²) in [6, 6.07) is 5.82. The molecule has 1 aromatic carbocycles. The second-order valence-electron chi connectivity index (χ2n) is 5.70. The average molecular weight is 369 g/mol. The lowest BCUT2D eigenvalue weighted by Gasteiger charge is -2.11. The number of ketones is 1. The van der Waals surface area contributed by atoms with Gasteiger partial charge in [-0.3, -0.25) is 9.59 Å². The number of carbonyl (C=O) groups excluding carboxylic acids is 3. The maximum Gasteiger partial charge on any atom is 0.344 e. The van der Waals surface area contributed by atoms with Gasteiger partial charge in [0.05, 0.1) is 11.5 Å². The number of sulfone groups is 1. The number of benzene rings is 1. The van der Waals surface area contributed by atoms with Crippen LogP contribution in [0.1, 0.15) is 23.7 Å². The standard InChI is InChI=1S/C16H19NO7S/c1-11(18)12-2-4-14(5-3-12)23-9-16(20)24-8-15(19)17-13-6-7-25(21,22)10-13/h2-5,13H,6-10H2,1H3,(H,17,19)/t13-/m1/s1. The molecule has 0 radical (unpaired) electrons. The third kappa shape index (κ3) is 6.18. The Morgan fingerprint density at radius 1 is 1.16 bits per heavy atom. The van der Waals surface area contributed by atoms with E-state index in [0.717, 1.165) is 0 Å². The Labute approximate surface area is 145 Å². The highest BCUT2D eigenvalue weighted by molar-refractivity contribution is 7.91. The van der Waals surface area contributed by atoms with Crippen LogP contribution >= 0.6 is 0 Å². The van der Waals surface area contributed by atoms with Gasteiger partial charge in [0.2, 0.25) is 0 Å². The van der Waals surface area contributed by atoms with Crippen molar-refractivity contribution in [1.82, 2.24) is 5.32 Å². The Balaban J connectivity index is 1.68. The van der Waals surface area contributed by atoms with Crippen molar-refractivity contribution in [3.63, 3.8) is 0 Å². The summed E-state index contributed by atoms with van der Waals surface area (Å²) in [5, 5.41) is 2.51. The summed E-state index contributed by atoms with van der Waals surface area (Å²) in [5.74, 6) is -1.01. The molecule has 8 nitrogen and oxygen atoms in total. The summed E-state index contributed by atoms with van der Waals surface area (Å²) >= 11 is 0. The summed E-state index contributed by atoms with van der Waals surface area (Å²) in [6.07, 6.45) is 0.362. The number of carbonyl (C=O) groups is 3. The maximum atomic E-state index is 11.6. The summed E-state index contributed by atoms with van der Waals surface area (Å²) in [6.45, 7) is 0.561. The number of rotatable bonds is 7. The van der Waals surface area contributed by atoms with E-state index in [2.05, 4.69) is 5.32 Å². The summed E-state index contributed by atoms with van der Waals surface area (Å²) in [5.41, 5.74) is 0.528. The SMILES string of the molecule is CC(=O)c1ccc(OCC(=O)OCC(=O)N[C@@H]2CCS(=O)(=O)C2)cc1.